The summed E-state index contributed by atoms with van der Waals surface area (Å²) >= 11 is 0. The maximum absolute atomic E-state index is 10.4. The van der Waals surface area contributed by atoms with Crippen molar-refractivity contribution in [3.63, 3.8) is 0 Å². The number of urea groups is 1. The van der Waals surface area contributed by atoms with Crippen LogP contribution in [0.15, 0.2) is 18.2 Å². The van der Waals surface area contributed by atoms with E-state index in [1.807, 2.05) is 12.1 Å². The molecule has 0 spiro atoms. The summed E-state index contributed by atoms with van der Waals surface area (Å²) < 4.78 is 4.96. The van der Waals surface area contributed by atoms with E-state index in [1.165, 1.54) is 0 Å². The molecule has 1 aromatic rings. The first-order valence-corrected chi connectivity index (χ1v) is 4.50. The predicted molar refractivity (Wildman–Crippen MR) is 56.9 cm³/mol. The molecule has 0 atom stereocenters. The van der Waals surface area contributed by atoms with Crippen molar-refractivity contribution in [2.45, 2.75) is 0 Å². The van der Waals surface area contributed by atoms with Crippen LogP contribution in [0.25, 0.3) is 0 Å². The zero-order valence-electron chi connectivity index (χ0n) is 8.49. The number of nitrogens with one attached hydrogen (secondary N) is 2. The van der Waals surface area contributed by atoms with Crippen LogP contribution in [-0.2, 0) is 0 Å². The van der Waals surface area contributed by atoms with Gasteiger partial charge >= 0.3 is 6.03 Å². The first kappa shape index (κ1) is 11.1. The Morgan fingerprint density at radius 2 is 2.33 bits per heavy atom. The Bertz CT molecular complexity index is 330. The van der Waals surface area contributed by atoms with Gasteiger partial charge in [0.2, 0.25) is 5.88 Å². The molecule has 0 saturated carbocycles. The number of anilines is 1. The van der Waals surface area contributed by atoms with Gasteiger partial charge < -0.3 is 21.1 Å². The molecule has 0 aromatic carbocycles. The molecule has 0 fully saturated rings. The van der Waals surface area contributed by atoms with Gasteiger partial charge in [0.05, 0.1) is 7.11 Å². The van der Waals surface area contributed by atoms with Gasteiger partial charge in [-0.2, -0.15) is 4.98 Å². The zero-order valence-corrected chi connectivity index (χ0v) is 8.49. The number of aromatic nitrogens is 1. The van der Waals surface area contributed by atoms with Gasteiger partial charge in [-0.05, 0) is 6.07 Å². The number of carbonyl (C=O) groups excluding carboxylic acids is 1. The van der Waals surface area contributed by atoms with Crippen LogP contribution >= 0.6 is 0 Å². The molecule has 0 aliphatic rings. The summed E-state index contributed by atoms with van der Waals surface area (Å²) in [6, 6.07) is 4.87. The molecule has 6 nitrogen and oxygen atoms in total. The molecule has 6 heteroatoms. The van der Waals surface area contributed by atoms with Gasteiger partial charge in [-0.15, -0.1) is 0 Å². The molecule has 82 valence electrons. The minimum atomic E-state index is -0.532. The lowest BCUT2D eigenvalue weighted by Crippen LogP contribution is -2.33. The number of nitrogens with two attached hydrogens (primary N) is 1. The summed E-state index contributed by atoms with van der Waals surface area (Å²) in [6.07, 6.45) is 0. The number of primary amides is 1. The molecule has 1 heterocycles. The van der Waals surface area contributed by atoms with Crippen molar-refractivity contribution in [2.75, 3.05) is 25.5 Å². The van der Waals surface area contributed by atoms with Crippen molar-refractivity contribution in [2.24, 2.45) is 5.73 Å². The van der Waals surface area contributed by atoms with Crippen LogP contribution in [0.5, 0.6) is 5.88 Å². The van der Waals surface area contributed by atoms with E-state index < -0.39 is 6.03 Å². The molecule has 15 heavy (non-hydrogen) atoms. The lowest BCUT2D eigenvalue weighted by Gasteiger charge is -2.06. The molecule has 0 saturated heterocycles. The van der Waals surface area contributed by atoms with Crippen LogP contribution < -0.4 is 21.1 Å². The van der Waals surface area contributed by atoms with Crippen LogP contribution in [0.3, 0.4) is 0 Å². The highest BCUT2D eigenvalue weighted by Gasteiger charge is 1.96. The number of carbonyl (C=O) groups is 1. The number of amides is 2. The quantitative estimate of drug-likeness (QED) is 0.604. The van der Waals surface area contributed by atoms with E-state index in [0.717, 1.165) is 0 Å². The monoisotopic (exact) mass is 210 g/mol. The highest BCUT2D eigenvalue weighted by Crippen LogP contribution is 2.09. The molecule has 0 unspecified atom stereocenters. The molecule has 0 bridgehead atoms. The third-order valence-electron chi connectivity index (χ3n) is 1.66. The second-order valence-corrected chi connectivity index (χ2v) is 2.78. The van der Waals surface area contributed by atoms with E-state index in [2.05, 4.69) is 15.6 Å². The maximum atomic E-state index is 10.4. The Hall–Kier alpha value is -1.98. The van der Waals surface area contributed by atoms with Crippen LogP contribution in [0.2, 0.25) is 0 Å². The third kappa shape index (κ3) is 4.17. The van der Waals surface area contributed by atoms with E-state index in [9.17, 15) is 4.79 Å². The van der Waals surface area contributed by atoms with Crippen LogP contribution in [0, 0.1) is 0 Å². The van der Waals surface area contributed by atoms with Crippen molar-refractivity contribution >= 4 is 11.8 Å². The van der Waals surface area contributed by atoms with Crippen molar-refractivity contribution in [3.05, 3.63) is 18.2 Å². The number of hydrogen-bond donors (Lipinski definition) is 3. The van der Waals surface area contributed by atoms with E-state index in [4.69, 9.17) is 10.5 Å². The number of methoxy groups -OCH3 is 1. The first-order chi connectivity index (χ1) is 7.22. The number of hydrogen-bond acceptors (Lipinski definition) is 4. The molecule has 0 aliphatic carbocycles. The predicted octanol–water partition coefficient (Wildman–Crippen LogP) is 0.170. The number of rotatable bonds is 5. The Morgan fingerprint density at radius 1 is 1.53 bits per heavy atom. The number of pyridine rings is 1. The van der Waals surface area contributed by atoms with Gasteiger partial charge in [-0.25, -0.2) is 4.79 Å². The fourth-order valence-corrected chi connectivity index (χ4v) is 1.00. The minimum Gasteiger partial charge on any atom is -0.481 e. The van der Waals surface area contributed by atoms with E-state index in [1.54, 1.807) is 13.2 Å². The average molecular weight is 210 g/mol. The van der Waals surface area contributed by atoms with Gasteiger partial charge in [-0.3, -0.25) is 0 Å². The van der Waals surface area contributed by atoms with Gasteiger partial charge in [0, 0.05) is 19.2 Å². The molecular weight excluding hydrogens is 196 g/mol. The van der Waals surface area contributed by atoms with E-state index in [0.29, 0.717) is 24.8 Å². The fourth-order valence-electron chi connectivity index (χ4n) is 1.00. The highest BCUT2D eigenvalue weighted by molar-refractivity contribution is 5.71. The Balaban J connectivity index is 2.33. The lowest BCUT2D eigenvalue weighted by molar-refractivity contribution is 0.249. The molecule has 2 amide bonds. The SMILES string of the molecule is COc1cccc(NCCNC(N)=O)n1. The van der Waals surface area contributed by atoms with Crippen LogP contribution in [-0.4, -0.2) is 31.2 Å². The molecule has 1 aromatic heterocycles. The largest absolute Gasteiger partial charge is 0.481 e. The summed E-state index contributed by atoms with van der Waals surface area (Å²) in [5, 5.41) is 5.48. The topological polar surface area (TPSA) is 89.3 Å². The summed E-state index contributed by atoms with van der Waals surface area (Å²) in [7, 11) is 1.56. The summed E-state index contributed by atoms with van der Waals surface area (Å²) in [6.45, 7) is 1.01. The third-order valence-corrected chi connectivity index (χ3v) is 1.66. The molecule has 0 aliphatic heterocycles. The van der Waals surface area contributed by atoms with Gasteiger partial charge in [-0.1, -0.05) is 6.07 Å². The molecule has 0 radical (unpaired) electrons. The van der Waals surface area contributed by atoms with Gasteiger partial charge in [0.15, 0.2) is 0 Å². The van der Waals surface area contributed by atoms with E-state index in [-0.39, 0.29) is 0 Å². The van der Waals surface area contributed by atoms with Crippen LogP contribution in [0.1, 0.15) is 0 Å². The second-order valence-electron chi connectivity index (χ2n) is 2.78. The standard InChI is InChI=1S/C9H14N4O2/c1-15-8-4-2-3-7(13-8)11-5-6-12-9(10)14/h2-4H,5-6H2,1H3,(H,11,13)(H3,10,12,14). The maximum Gasteiger partial charge on any atom is 0.312 e. The summed E-state index contributed by atoms with van der Waals surface area (Å²) in [5.41, 5.74) is 4.90. The first-order valence-electron chi connectivity index (χ1n) is 4.50. The van der Waals surface area contributed by atoms with Crippen molar-refractivity contribution in [1.82, 2.24) is 10.3 Å². The van der Waals surface area contributed by atoms with Gasteiger partial charge in [0.25, 0.3) is 0 Å². The summed E-state index contributed by atoms with van der Waals surface area (Å²) in [5.74, 6) is 1.24. The fraction of sp³-hybridized carbons (Fsp3) is 0.333. The van der Waals surface area contributed by atoms with Crippen LogP contribution in [0.4, 0.5) is 10.6 Å². The second kappa shape index (κ2) is 5.69. The molecule has 1 rings (SSSR count). The minimum absolute atomic E-state index is 0.453. The zero-order chi connectivity index (χ0) is 11.1. The highest BCUT2D eigenvalue weighted by atomic mass is 16.5. The van der Waals surface area contributed by atoms with Crippen molar-refractivity contribution < 1.29 is 9.53 Å². The van der Waals surface area contributed by atoms with Crippen molar-refractivity contribution in [3.8, 4) is 5.88 Å². The Morgan fingerprint density at radius 3 is 3.00 bits per heavy atom. The normalized spacial score (nSPS) is 9.40. The summed E-state index contributed by atoms with van der Waals surface area (Å²) in [4.78, 5) is 14.5. The Kier molecular flexibility index (Phi) is 4.21. The van der Waals surface area contributed by atoms with Crippen molar-refractivity contribution in [1.29, 1.82) is 0 Å². The van der Waals surface area contributed by atoms with E-state index >= 15 is 0 Å². The smallest absolute Gasteiger partial charge is 0.312 e. The Labute approximate surface area is 87.8 Å². The molecule has 4 N–H and O–H groups in total. The van der Waals surface area contributed by atoms with Gasteiger partial charge in [0.1, 0.15) is 5.82 Å². The number of nitrogens with zero attached hydrogens (tertiary/aromatic N) is 1. The molecular formula is C9H14N4O2. The average Bonchev–Trinajstić information content (AvgIpc) is 2.24. The number of ether oxygens (including phenoxy) is 1. The lowest BCUT2D eigenvalue weighted by atomic mass is 10.4.